The summed E-state index contributed by atoms with van der Waals surface area (Å²) in [5, 5.41) is 6.67. The summed E-state index contributed by atoms with van der Waals surface area (Å²) in [5.74, 6) is -0.0974. The molecule has 2 N–H and O–H groups in total. The maximum Gasteiger partial charge on any atom is 0.259 e. The van der Waals surface area contributed by atoms with Gasteiger partial charge in [-0.3, -0.25) is 14.9 Å². The molecule has 5 aromatic rings. The van der Waals surface area contributed by atoms with Crippen LogP contribution in [0, 0.1) is 0 Å². The van der Waals surface area contributed by atoms with E-state index in [-0.39, 0.29) is 0 Å². The van der Waals surface area contributed by atoms with Gasteiger partial charge in [-0.25, -0.2) is 4.99 Å². The number of ether oxygens (including phenoxy) is 1. The van der Waals surface area contributed by atoms with E-state index in [1.165, 1.54) is 0 Å². The second kappa shape index (κ2) is 10.5. The van der Waals surface area contributed by atoms with Crippen molar-refractivity contribution in [1.82, 2.24) is 14.9 Å². The minimum atomic E-state index is -0.408. The number of amides is 2. The number of nitrogens with one attached hydrogen (secondary N) is 2. The molecule has 1 aliphatic heterocycles. The molecule has 0 spiro atoms. The first-order valence-electron chi connectivity index (χ1n) is 12.6. The average Bonchev–Trinajstić information content (AvgIpc) is 3.62. The van der Waals surface area contributed by atoms with E-state index in [0.29, 0.717) is 47.7 Å². The molecule has 3 aromatic carbocycles. The maximum atomic E-state index is 13.2. The number of aryl methyl sites for hydroxylation is 1. The molecular formula is C31H24N4O3S. The fraction of sp³-hybridized carbons (Fsp3) is 0.129. The number of aliphatic imine (C=N–C) groups is 1. The summed E-state index contributed by atoms with van der Waals surface area (Å²) in [4.78, 5) is 33.6. The van der Waals surface area contributed by atoms with Gasteiger partial charge >= 0.3 is 0 Å². The van der Waals surface area contributed by atoms with E-state index in [1.54, 1.807) is 6.20 Å². The van der Waals surface area contributed by atoms with Gasteiger partial charge in [0.25, 0.3) is 11.8 Å². The van der Waals surface area contributed by atoms with Gasteiger partial charge in [0, 0.05) is 52.4 Å². The van der Waals surface area contributed by atoms with Crippen LogP contribution in [0.4, 0.5) is 0 Å². The predicted octanol–water partition coefficient (Wildman–Crippen LogP) is 5.76. The highest BCUT2D eigenvalue weighted by Gasteiger charge is 2.35. The molecule has 0 bridgehead atoms. The van der Waals surface area contributed by atoms with Crippen LogP contribution in [-0.4, -0.2) is 33.1 Å². The van der Waals surface area contributed by atoms with Crippen LogP contribution in [0.25, 0.3) is 33.0 Å². The van der Waals surface area contributed by atoms with E-state index in [1.807, 2.05) is 79.0 Å². The Labute approximate surface area is 229 Å². The van der Waals surface area contributed by atoms with Crippen LogP contribution in [0.1, 0.15) is 23.1 Å². The normalized spacial score (nSPS) is 13.2. The third-order valence-corrected chi connectivity index (χ3v) is 7.02. The van der Waals surface area contributed by atoms with Gasteiger partial charge < -0.3 is 14.3 Å². The Morgan fingerprint density at radius 1 is 0.897 bits per heavy atom. The molecule has 6 rings (SSSR count). The van der Waals surface area contributed by atoms with Crippen molar-refractivity contribution in [2.45, 2.75) is 19.6 Å². The minimum Gasteiger partial charge on any atom is -0.489 e. The standard InChI is InChI=1S/C31H24N4O3S/c36-30-28(24-16-33-26-10-5-4-9-22(24)26)29(31(37)34-30)25-17-35(14-6-13-32-19-39)27-15-21(11-12-23(25)27)38-18-20-7-2-1-3-8-20/h1-5,7-12,15-17,33H,6,13-14,18H2,(H,34,36,37). The number of thiocarbonyl (C=S) groups is 1. The fourth-order valence-corrected chi connectivity index (χ4v) is 5.19. The average molecular weight is 533 g/mol. The zero-order chi connectivity index (χ0) is 26.8. The lowest BCUT2D eigenvalue weighted by Gasteiger charge is -2.09. The number of aromatic amines is 1. The molecule has 1 aliphatic rings. The van der Waals surface area contributed by atoms with E-state index >= 15 is 0 Å². The molecule has 192 valence electrons. The van der Waals surface area contributed by atoms with E-state index < -0.39 is 11.8 Å². The number of fused-ring (bicyclic) bond motifs is 2. The molecule has 3 heterocycles. The number of nitrogens with zero attached hydrogens (tertiary/aromatic N) is 2. The number of hydrogen-bond acceptors (Lipinski definition) is 5. The van der Waals surface area contributed by atoms with Gasteiger partial charge in [0.2, 0.25) is 0 Å². The second-order valence-electron chi connectivity index (χ2n) is 9.30. The molecule has 8 heteroatoms. The van der Waals surface area contributed by atoms with Crippen molar-refractivity contribution in [3.8, 4) is 5.75 Å². The van der Waals surface area contributed by atoms with E-state index in [4.69, 9.17) is 17.0 Å². The predicted molar refractivity (Wildman–Crippen MR) is 155 cm³/mol. The van der Waals surface area contributed by atoms with Crippen molar-refractivity contribution >= 4 is 62.1 Å². The van der Waals surface area contributed by atoms with Crippen LogP contribution in [0.5, 0.6) is 5.75 Å². The van der Waals surface area contributed by atoms with Gasteiger partial charge in [-0.15, -0.1) is 0 Å². The Bertz CT molecular complexity index is 1810. The molecule has 39 heavy (non-hydrogen) atoms. The summed E-state index contributed by atoms with van der Waals surface area (Å²) < 4.78 is 8.17. The molecular weight excluding hydrogens is 508 g/mol. The zero-order valence-corrected chi connectivity index (χ0v) is 21.8. The number of H-pyrrole nitrogens is 1. The number of carbonyl (C=O) groups excluding carboxylic acids is 2. The van der Waals surface area contributed by atoms with Crippen LogP contribution in [0.3, 0.4) is 0 Å². The molecule has 0 radical (unpaired) electrons. The molecule has 0 aliphatic carbocycles. The number of imide groups is 1. The first-order chi connectivity index (χ1) is 19.1. The monoisotopic (exact) mass is 532 g/mol. The fourth-order valence-electron chi connectivity index (χ4n) is 5.10. The topological polar surface area (TPSA) is 88.5 Å². The number of benzene rings is 3. The highest BCUT2D eigenvalue weighted by Crippen LogP contribution is 2.39. The van der Waals surface area contributed by atoms with Crippen molar-refractivity contribution in [1.29, 1.82) is 0 Å². The van der Waals surface area contributed by atoms with Crippen molar-refractivity contribution in [2.75, 3.05) is 6.54 Å². The number of carbonyl (C=O) groups is 2. The van der Waals surface area contributed by atoms with Gasteiger partial charge in [-0.1, -0.05) is 48.5 Å². The van der Waals surface area contributed by atoms with E-state index in [0.717, 1.165) is 33.8 Å². The Hall–Kier alpha value is -4.78. The lowest BCUT2D eigenvalue weighted by molar-refractivity contribution is -0.122. The van der Waals surface area contributed by atoms with Crippen molar-refractivity contribution in [2.24, 2.45) is 4.99 Å². The lowest BCUT2D eigenvalue weighted by Crippen LogP contribution is -2.22. The molecule has 0 unspecified atom stereocenters. The first kappa shape index (κ1) is 24.6. The van der Waals surface area contributed by atoms with Gasteiger partial charge in [0.05, 0.1) is 28.4 Å². The van der Waals surface area contributed by atoms with Gasteiger partial charge in [0.1, 0.15) is 12.4 Å². The quantitative estimate of drug-likeness (QED) is 0.109. The number of rotatable bonds is 9. The Balaban J connectivity index is 1.47. The maximum absolute atomic E-state index is 13.2. The highest BCUT2D eigenvalue weighted by molar-refractivity contribution is 7.78. The third kappa shape index (κ3) is 4.68. The molecule has 7 nitrogen and oxygen atoms in total. The summed E-state index contributed by atoms with van der Waals surface area (Å²) in [6.45, 7) is 1.63. The number of para-hydroxylation sites is 1. The third-order valence-electron chi connectivity index (χ3n) is 6.89. The summed E-state index contributed by atoms with van der Waals surface area (Å²) in [7, 11) is 0. The molecule has 0 fully saturated rings. The molecule has 0 atom stereocenters. The Morgan fingerprint density at radius 2 is 1.67 bits per heavy atom. The molecule has 2 amide bonds. The van der Waals surface area contributed by atoms with Gasteiger partial charge in [-0.05, 0) is 42.4 Å². The Morgan fingerprint density at radius 3 is 2.49 bits per heavy atom. The van der Waals surface area contributed by atoms with E-state index in [9.17, 15) is 9.59 Å². The SMILES string of the molecule is O=C1NC(=O)C(c2cn(CCCN=C=S)c3cc(OCc4ccccc4)ccc23)=C1c1c[nH]c2ccccc12. The lowest BCUT2D eigenvalue weighted by atomic mass is 9.95. The molecule has 0 saturated carbocycles. The van der Waals surface area contributed by atoms with Gasteiger partial charge in [-0.2, -0.15) is 0 Å². The smallest absolute Gasteiger partial charge is 0.259 e. The van der Waals surface area contributed by atoms with Crippen molar-refractivity contribution in [3.63, 3.8) is 0 Å². The highest BCUT2D eigenvalue weighted by atomic mass is 32.1. The Kier molecular flexibility index (Phi) is 6.63. The second-order valence-corrected chi connectivity index (χ2v) is 9.48. The van der Waals surface area contributed by atoms with Crippen LogP contribution in [-0.2, 0) is 22.7 Å². The number of isothiocyanates is 1. The zero-order valence-electron chi connectivity index (χ0n) is 20.9. The minimum absolute atomic E-state index is 0.364. The molecule has 0 saturated heterocycles. The van der Waals surface area contributed by atoms with Crippen molar-refractivity contribution < 1.29 is 14.3 Å². The van der Waals surface area contributed by atoms with Crippen LogP contribution >= 0.6 is 12.2 Å². The number of hydrogen-bond donors (Lipinski definition) is 2. The molecule has 2 aromatic heterocycles. The number of aromatic nitrogens is 2. The summed E-state index contributed by atoms with van der Waals surface area (Å²) >= 11 is 4.71. The van der Waals surface area contributed by atoms with Gasteiger partial charge in [0.15, 0.2) is 0 Å². The first-order valence-corrected chi connectivity index (χ1v) is 13.0. The summed E-state index contributed by atoms with van der Waals surface area (Å²) in [6.07, 6.45) is 4.47. The van der Waals surface area contributed by atoms with Crippen LogP contribution in [0.15, 0.2) is 90.2 Å². The van der Waals surface area contributed by atoms with E-state index in [2.05, 4.69) is 25.0 Å². The van der Waals surface area contributed by atoms with Crippen LogP contribution < -0.4 is 10.1 Å². The van der Waals surface area contributed by atoms with Crippen LogP contribution in [0.2, 0.25) is 0 Å². The largest absolute Gasteiger partial charge is 0.489 e. The summed E-state index contributed by atoms with van der Waals surface area (Å²) in [6, 6.07) is 23.5. The van der Waals surface area contributed by atoms with Crippen molar-refractivity contribution in [3.05, 3.63) is 102 Å². The summed E-state index contributed by atoms with van der Waals surface area (Å²) in [5.41, 5.74) is 4.99.